The second-order valence-electron chi connectivity index (χ2n) is 6.53. The molecule has 1 aromatic heterocycles. The first kappa shape index (κ1) is 21.2. The van der Waals surface area contributed by atoms with Crippen LogP contribution >= 0.6 is 11.6 Å². The number of carboxylic acid groups (broad SMARTS) is 1. The topological polar surface area (TPSA) is 109 Å². The van der Waals surface area contributed by atoms with Crippen LogP contribution in [0.4, 0.5) is 0 Å². The third-order valence-electron chi connectivity index (χ3n) is 3.73. The number of carbonyl (C=O) groups excluding carboxylic acids is 2. The van der Waals surface area contributed by atoms with Crippen LogP contribution in [0, 0.1) is 5.92 Å². The minimum absolute atomic E-state index is 0.0202. The van der Waals surface area contributed by atoms with Crippen LogP contribution in [0.15, 0.2) is 52.8 Å². The van der Waals surface area contributed by atoms with Gasteiger partial charge >= 0.3 is 5.97 Å². The van der Waals surface area contributed by atoms with Gasteiger partial charge in [0.2, 0.25) is 0 Å². The van der Waals surface area contributed by atoms with Crippen molar-refractivity contribution in [2.75, 3.05) is 0 Å². The summed E-state index contributed by atoms with van der Waals surface area (Å²) < 4.78 is 5.03. The van der Waals surface area contributed by atoms with E-state index in [1.54, 1.807) is 30.3 Å². The molecule has 0 radical (unpaired) electrons. The number of rotatable bonds is 8. The lowest BCUT2D eigenvalue weighted by Crippen LogP contribution is -2.44. The summed E-state index contributed by atoms with van der Waals surface area (Å²) in [5.41, 5.74) is 0.490. The molecule has 1 unspecified atom stereocenters. The maximum atomic E-state index is 12.7. The highest BCUT2D eigenvalue weighted by Gasteiger charge is 2.24. The van der Waals surface area contributed by atoms with Gasteiger partial charge in [0.25, 0.3) is 11.8 Å². The molecule has 0 spiro atoms. The number of furan rings is 1. The van der Waals surface area contributed by atoms with E-state index in [2.05, 4.69) is 10.6 Å². The van der Waals surface area contributed by atoms with Crippen LogP contribution in [-0.4, -0.2) is 28.9 Å². The maximum absolute atomic E-state index is 12.7. The van der Waals surface area contributed by atoms with Crippen molar-refractivity contribution < 1.29 is 23.9 Å². The van der Waals surface area contributed by atoms with E-state index < -0.39 is 23.8 Å². The third kappa shape index (κ3) is 6.28. The van der Waals surface area contributed by atoms with Crippen molar-refractivity contribution in [2.24, 2.45) is 5.92 Å². The molecule has 2 rings (SSSR count). The van der Waals surface area contributed by atoms with Crippen LogP contribution in [-0.2, 0) is 9.59 Å². The van der Waals surface area contributed by atoms with Crippen molar-refractivity contribution in [1.82, 2.24) is 10.6 Å². The summed E-state index contributed by atoms with van der Waals surface area (Å²) in [4.78, 5) is 36.4. The highest BCUT2D eigenvalue weighted by Crippen LogP contribution is 2.13. The Morgan fingerprint density at radius 2 is 1.86 bits per heavy atom. The molecule has 0 saturated carbocycles. The Kier molecular flexibility index (Phi) is 7.40. The lowest BCUT2D eigenvalue weighted by molar-refractivity contribution is -0.141. The predicted octanol–water partition coefficient (Wildman–Crippen LogP) is 3.32. The van der Waals surface area contributed by atoms with Gasteiger partial charge in [-0.1, -0.05) is 37.6 Å². The van der Waals surface area contributed by atoms with E-state index in [9.17, 15) is 19.5 Å². The molecule has 1 atom stereocenters. The fraction of sp³-hybridized carbons (Fsp3) is 0.250. The van der Waals surface area contributed by atoms with Gasteiger partial charge in [-0.3, -0.25) is 9.59 Å². The lowest BCUT2D eigenvalue weighted by Gasteiger charge is -2.18. The fourth-order valence-electron chi connectivity index (χ4n) is 2.40. The van der Waals surface area contributed by atoms with Crippen LogP contribution in [0.25, 0.3) is 6.08 Å². The summed E-state index contributed by atoms with van der Waals surface area (Å²) in [6, 6.07) is 8.51. The summed E-state index contributed by atoms with van der Waals surface area (Å²) in [6.07, 6.45) is 3.02. The molecular formula is C20H21ClN2O5. The Balaban J connectivity index is 2.28. The van der Waals surface area contributed by atoms with Crippen molar-refractivity contribution in [3.05, 3.63) is 64.7 Å². The largest absolute Gasteiger partial charge is 0.480 e. The minimum Gasteiger partial charge on any atom is -0.480 e. The average molecular weight is 405 g/mol. The molecule has 0 fully saturated rings. The standard InChI is InChI=1S/C20H21ClN2O5/c1-12(2)10-16(20(26)27)23-18(24)15(11-13-5-7-14(21)8-6-13)22-19(25)17-4-3-9-28-17/h3-9,11-12,16H,10H2,1-2H3,(H,22,25)(H,23,24)(H,26,27). The molecule has 0 saturated heterocycles. The Labute approximate surface area is 167 Å². The first-order valence-corrected chi connectivity index (χ1v) is 9.00. The number of benzene rings is 1. The molecule has 7 nitrogen and oxygen atoms in total. The Bertz CT molecular complexity index is 857. The summed E-state index contributed by atoms with van der Waals surface area (Å²) in [7, 11) is 0. The number of nitrogens with one attached hydrogen (secondary N) is 2. The summed E-state index contributed by atoms with van der Waals surface area (Å²) >= 11 is 5.87. The number of hydrogen-bond acceptors (Lipinski definition) is 4. The van der Waals surface area contributed by atoms with Crippen molar-refractivity contribution in [3.63, 3.8) is 0 Å². The SMILES string of the molecule is CC(C)CC(NC(=O)C(=Cc1ccc(Cl)cc1)NC(=O)c1ccco1)C(=O)O. The molecule has 148 valence electrons. The molecule has 2 amide bonds. The summed E-state index contributed by atoms with van der Waals surface area (Å²) in [5.74, 6) is -2.42. The Hall–Kier alpha value is -3.06. The van der Waals surface area contributed by atoms with Gasteiger partial charge in [0, 0.05) is 5.02 Å². The predicted molar refractivity (Wildman–Crippen MR) is 105 cm³/mol. The number of aliphatic carboxylic acids is 1. The van der Waals surface area contributed by atoms with Crippen LogP contribution < -0.4 is 10.6 Å². The molecule has 8 heteroatoms. The van der Waals surface area contributed by atoms with E-state index in [-0.39, 0.29) is 23.8 Å². The zero-order valence-corrected chi connectivity index (χ0v) is 16.2. The van der Waals surface area contributed by atoms with Crippen molar-refractivity contribution in [3.8, 4) is 0 Å². The average Bonchev–Trinajstić information content (AvgIpc) is 3.16. The van der Waals surface area contributed by atoms with E-state index in [1.807, 2.05) is 13.8 Å². The molecule has 3 N–H and O–H groups in total. The third-order valence-corrected chi connectivity index (χ3v) is 3.98. The first-order valence-electron chi connectivity index (χ1n) is 8.62. The Morgan fingerprint density at radius 1 is 1.18 bits per heavy atom. The van der Waals surface area contributed by atoms with Gasteiger partial charge in [-0.25, -0.2) is 4.79 Å². The van der Waals surface area contributed by atoms with Gasteiger partial charge in [0.1, 0.15) is 11.7 Å². The highest BCUT2D eigenvalue weighted by molar-refractivity contribution is 6.30. The monoisotopic (exact) mass is 404 g/mol. The molecule has 0 bridgehead atoms. The van der Waals surface area contributed by atoms with Crippen LogP contribution in [0.5, 0.6) is 0 Å². The number of halogens is 1. The molecular weight excluding hydrogens is 384 g/mol. The normalized spacial score (nSPS) is 12.5. The first-order chi connectivity index (χ1) is 13.3. The van der Waals surface area contributed by atoms with E-state index in [4.69, 9.17) is 16.0 Å². The summed E-state index contributed by atoms with van der Waals surface area (Å²) in [5, 5.41) is 14.8. The van der Waals surface area contributed by atoms with Crippen molar-refractivity contribution >= 4 is 35.5 Å². The maximum Gasteiger partial charge on any atom is 0.326 e. The van der Waals surface area contributed by atoms with Gasteiger partial charge in [-0.05, 0) is 48.2 Å². The summed E-state index contributed by atoms with van der Waals surface area (Å²) in [6.45, 7) is 3.70. The van der Waals surface area contributed by atoms with Crippen LogP contribution in [0.1, 0.15) is 36.4 Å². The van der Waals surface area contributed by atoms with Crippen molar-refractivity contribution in [2.45, 2.75) is 26.3 Å². The number of hydrogen-bond donors (Lipinski definition) is 3. The van der Waals surface area contributed by atoms with E-state index in [0.29, 0.717) is 10.6 Å². The van der Waals surface area contributed by atoms with Crippen LogP contribution in [0.2, 0.25) is 5.02 Å². The molecule has 1 heterocycles. The van der Waals surface area contributed by atoms with Gasteiger partial charge in [0.05, 0.1) is 6.26 Å². The lowest BCUT2D eigenvalue weighted by atomic mass is 10.0. The molecule has 0 aliphatic carbocycles. The number of amides is 2. The second-order valence-corrected chi connectivity index (χ2v) is 6.97. The van der Waals surface area contributed by atoms with Gasteiger partial charge in [-0.2, -0.15) is 0 Å². The molecule has 2 aromatic rings. The van der Waals surface area contributed by atoms with Gasteiger partial charge < -0.3 is 20.2 Å². The van der Waals surface area contributed by atoms with E-state index >= 15 is 0 Å². The number of carbonyl (C=O) groups is 3. The number of carboxylic acids is 1. The Morgan fingerprint density at radius 3 is 2.39 bits per heavy atom. The molecule has 0 aliphatic heterocycles. The zero-order valence-electron chi connectivity index (χ0n) is 15.4. The van der Waals surface area contributed by atoms with E-state index in [0.717, 1.165) is 0 Å². The highest BCUT2D eigenvalue weighted by atomic mass is 35.5. The van der Waals surface area contributed by atoms with Crippen molar-refractivity contribution in [1.29, 1.82) is 0 Å². The van der Waals surface area contributed by atoms with Gasteiger partial charge in [-0.15, -0.1) is 0 Å². The zero-order chi connectivity index (χ0) is 20.7. The molecule has 28 heavy (non-hydrogen) atoms. The quantitative estimate of drug-likeness (QED) is 0.585. The van der Waals surface area contributed by atoms with Crippen LogP contribution in [0.3, 0.4) is 0 Å². The molecule has 0 aliphatic rings. The fourth-order valence-corrected chi connectivity index (χ4v) is 2.53. The molecule has 1 aromatic carbocycles. The van der Waals surface area contributed by atoms with Gasteiger partial charge in [0.15, 0.2) is 5.76 Å². The smallest absolute Gasteiger partial charge is 0.326 e. The minimum atomic E-state index is -1.15. The second kappa shape index (κ2) is 9.75. The van der Waals surface area contributed by atoms with E-state index in [1.165, 1.54) is 18.4 Å².